The Morgan fingerprint density at radius 3 is 2.29 bits per heavy atom. The summed E-state index contributed by atoms with van der Waals surface area (Å²) in [6.45, 7) is 5.73. The second-order valence-electron chi connectivity index (χ2n) is 5.58. The van der Waals surface area contributed by atoms with Crippen LogP contribution in [-0.2, 0) is 14.8 Å². The number of pyridine rings is 1. The van der Waals surface area contributed by atoms with Crippen LogP contribution in [0.5, 0.6) is 0 Å². The van der Waals surface area contributed by atoms with E-state index in [4.69, 9.17) is 0 Å². The lowest BCUT2D eigenvalue weighted by atomic mass is 10.0. The molecular formula is C14H23N3O3S. The number of sulfonamides is 1. The molecule has 0 aliphatic rings. The predicted octanol–water partition coefficient (Wildman–Crippen LogP) is 1.22. The van der Waals surface area contributed by atoms with Crippen molar-refractivity contribution in [1.82, 2.24) is 15.0 Å². The summed E-state index contributed by atoms with van der Waals surface area (Å²) >= 11 is 0. The van der Waals surface area contributed by atoms with Gasteiger partial charge in [-0.05, 0) is 37.0 Å². The zero-order valence-electron chi connectivity index (χ0n) is 12.8. The van der Waals surface area contributed by atoms with Gasteiger partial charge in [-0.3, -0.25) is 9.78 Å². The van der Waals surface area contributed by atoms with Gasteiger partial charge in [-0.15, -0.1) is 0 Å². The molecule has 0 spiro atoms. The quantitative estimate of drug-likeness (QED) is 0.792. The average molecular weight is 313 g/mol. The summed E-state index contributed by atoms with van der Waals surface area (Å²) in [4.78, 5) is 16.2. The summed E-state index contributed by atoms with van der Waals surface area (Å²) in [5.74, 6) is -0.121. The second kappa shape index (κ2) is 7.51. The molecule has 7 heteroatoms. The largest absolute Gasteiger partial charge is 0.348 e. The number of carbonyl (C=O) groups excluding carboxylic acids is 1. The topological polar surface area (TPSA) is 88.2 Å². The maximum atomic E-state index is 12.3. The van der Waals surface area contributed by atoms with Crippen molar-refractivity contribution in [2.75, 3.05) is 6.26 Å². The first-order valence-corrected chi connectivity index (χ1v) is 8.75. The van der Waals surface area contributed by atoms with Gasteiger partial charge < -0.3 is 5.32 Å². The van der Waals surface area contributed by atoms with E-state index < -0.39 is 16.1 Å². The van der Waals surface area contributed by atoms with Crippen LogP contribution in [0.25, 0.3) is 0 Å². The molecule has 118 valence electrons. The molecule has 0 fully saturated rings. The number of nitrogens with zero attached hydrogens (tertiary/aromatic N) is 1. The molecule has 1 aromatic rings. The Balaban J connectivity index is 2.76. The van der Waals surface area contributed by atoms with E-state index in [9.17, 15) is 13.2 Å². The predicted molar refractivity (Wildman–Crippen MR) is 82.0 cm³/mol. The average Bonchev–Trinajstić information content (AvgIpc) is 2.36. The highest BCUT2D eigenvalue weighted by Crippen LogP contribution is 2.12. The Hall–Kier alpha value is -1.47. The molecule has 1 heterocycles. The van der Waals surface area contributed by atoms with Gasteiger partial charge in [0.25, 0.3) is 0 Å². The van der Waals surface area contributed by atoms with Crippen LogP contribution in [0.4, 0.5) is 0 Å². The van der Waals surface area contributed by atoms with Crippen molar-refractivity contribution >= 4 is 15.9 Å². The van der Waals surface area contributed by atoms with Gasteiger partial charge in [0.05, 0.1) is 12.3 Å². The number of hydrogen-bond donors (Lipinski definition) is 2. The molecule has 2 atom stereocenters. The highest BCUT2D eigenvalue weighted by Gasteiger charge is 2.24. The van der Waals surface area contributed by atoms with Gasteiger partial charge >= 0.3 is 0 Å². The van der Waals surface area contributed by atoms with Crippen LogP contribution in [0.2, 0.25) is 0 Å². The SMILES string of the molecule is CC(C)C[C@@H](NS(C)(=O)=O)C(=O)N[C@H](C)c1ccncc1. The third kappa shape index (κ3) is 6.68. The molecule has 0 aliphatic carbocycles. The van der Waals surface area contributed by atoms with Crippen LogP contribution in [-0.4, -0.2) is 31.6 Å². The van der Waals surface area contributed by atoms with Crippen LogP contribution in [0.15, 0.2) is 24.5 Å². The Morgan fingerprint density at radius 1 is 1.24 bits per heavy atom. The van der Waals surface area contributed by atoms with E-state index in [1.165, 1.54) is 0 Å². The summed E-state index contributed by atoms with van der Waals surface area (Å²) in [5, 5.41) is 2.83. The fraction of sp³-hybridized carbons (Fsp3) is 0.571. The van der Waals surface area contributed by atoms with Crippen molar-refractivity contribution in [2.45, 2.75) is 39.3 Å². The Labute approximate surface area is 126 Å². The number of rotatable bonds is 7. The first-order valence-electron chi connectivity index (χ1n) is 6.86. The molecule has 0 saturated carbocycles. The third-order valence-corrected chi connectivity index (χ3v) is 3.66. The lowest BCUT2D eigenvalue weighted by Gasteiger charge is -2.22. The van der Waals surface area contributed by atoms with Gasteiger partial charge in [0.2, 0.25) is 15.9 Å². The molecule has 0 aromatic carbocycles. The molecule has 1 amide bonds. The molecule has 0 saturated heterocycles. The highest BCUT2D eigenvalue weighted by molar-refractivity contribution is 7.88. The van der Waals surface area contributed by atoms with E-state index in [2.05, 4.69) is 15.0 Å². The van der Waals surface area contributed by atoms with E-state index in [-0.39, 0.29) is 17.9 Å². The van der Waals surface area contributed by atoms with Crippen LogP contribution in [0, 0.1) is 5.92 Å². The van der Waals surface area contributed by atoms with E-state index in [0.29, 0.717) is 6.42 Å². The van der Waals surface area contributed by atoms with Gasteiger partial charge in [0, 0.05) is 12.4 Å². The molecule has 21 heavy (non-hydrogen) atoms. The molecule has 0 unspecified atom stereocenters. The number of aromatic nitrogens is 1. The molecule has 2 N–H and O–H groups in total. The number of nitrogens with one attached hydrogen (secondary N) is 2. The number of amides is 1. The fourth-order valence-corrected chi connectivity index (χ4v) is 2.71. The normalized spacial score (nSPS) is 14.7. The molecule has 1 rings (SSSR count). The monoisotopic (exact) mass is 313 g/mol. The van der Waals surface area contributed by atoms with E-state index in [1.807, 2.05) is 32.9 Å². The maximum absolute atomic E-state index is 12.3. The first-order chi connectivity index (χ1) is 9.69. The molecule has 0 bridgehead atoms. The number of carbonyl (C=O) groups is 1. The van der Waals surface area contributed by atoms with Crippen molar-refractivity contribution in [1.29, 1.82) is 0 Å². The van der Waals surface area contributed by atoms with E-state index in [0.717, 1.165) is 11.8 Å². The lowest BCUT2D eigenvalue weighted by molar-refractivity contribution is -0.123. The van der Waals surface area contributed by atoms with Crippen LogP contribution >= 0.6 is 0 Å². The standard InChI is InChI=1S/C14H23N3O3S/c1-10(2)9-13(17-21(4,19)20)14(18)16-11(3)12-5-7-15-8-6-12/h5-8,10-11,13,17H,9H2,1-4H3,(H,16,18)/t11-,13-/m1/s1. The van der Waals surface area contributed by atoms with Gasteiger partial charge in [-0.25, -0.2) is 13.1 Å². The number of hydrogen-bond acceptors (Lipinski definition) is 4. The van der Waals surface area contributed by atoms with Gasteiger partial charge in [0.15, 0.2) is 0 Å². The highest BCUT2D eigenvalue weighted by atomic mass is 32.2. The molecule has 1 aromatic heterocycles. The lowest BCUT2D eigenvalue weighted by Crippen LogP contribution is -2.47. The summed E-state index contributed by atoms with van der Waals surface area (Å²) < 4.78 is 25.2. The van der Waals surface area contributed by atoms with Gasteiger partial charge in [0.1, 0.15) is 6.04 Å². The Kier molecular flexibility index (Phi) is 6.29. The summed E-state index contributed by atoms with van der Waals surface area (Å²) in [7, 11) is -3.44. The van der Waals surface area contributed by atoms with Crippen molar-refractivity contribution < 1.29 is 13.2 Å². The van der Waals surface area contributed by atoms with Crippen LogP contribution in [0.3, 0.4) is 0 Å². The Bertz CT molecular complexity index is 558. The van der Waals surface area contributed by atoms with Gasteiger partial charge in [-0.2, -0.15) is 0 Å². The Morgan fingerprint density at radius 2 is 1.81 bits per heavy atom. The van der Waals surface area contributed by atoms with Crippen LogP contribution < -0.4 is 10.0 Å². The summed E-state index contributed by atoms with van der Waals surface area (Å²) in [6, 6.07) is 2.65. The smallest absolute Gasteiger partial charge is 0.238 e. The fourth-order valence-electron chi connectivity index (χ4n) is 1.99. The van der Waals surface area contributed by atoms with Crippen molar-refractivity contribution in [2.24, 2.45) is 5.92 Å². The van der Waals surface area contributed by atoms with Crippen molar-refractivity contribution in [3.63, 3.8) is 0 Å². The first kappa shape index (κ1) is 17.6. The van der Waals surface area contributed by atoms with Crippen molar-refractivity contribution in [3.8, 4) is 0 Å². The maximum Gasteiger partial charge on any atom is 0.238 e. The van der Waals surface area contributed by atoms with Crippen molar-refractivity contribution in [3.05, 3.63) is 30.1 Å². The van der Waals surface area contributed by atoms with Gasteiger partial charge in [-0.1, -0.05) is 13.8 Å². The molecule has 0 aliphatic heterocycles. The minimum absolute atomic E-state index is 0.200. The zero-order valence-corrected chi connectivity index (χ0v) is 13.6. The third-order valence-electron chi connectivity index (χ3n) is 2.94. The minimum Gasteiger partial charge on any atom is -0.348 e. The van der Waals surface area contributed by atoms with E-state index in [1.54, 1.807) is 12.4 Å². The molecule has 6 nitrogen and oxygen atoms in total. The summed E-state index contributed by atoms with van der Waals surface area (Å²) in [6.07, 6.45) is 4.80. The second-order valence-corrected chi connectivity index (χ2v) is 7.36. The zero-order chi connectivity index (χ0) is 16.0. The van der Waals surface area contributed by atoms with Crippen LogP contribution in [0.1, 0.15) is 38.8 Å². The molecular weight excluding hydrogens is 290 g/mol. The van der Waals surface area contributed by atoms with E-state index >= 15 is 0 Å². The molecule has 0 radical (unpaired) electrons. The summed E-state index contributed by atoms with van der Waals surface area (Å²) in [5.41, 5.74) is 0.918. The minimum atomic E-state index is -3.44.